The molecule has 7 nitrogen and oxygen atoms in total. The fourth-order valence-electron chi connectivity index (χ4n) is 1.51. The van der Waals surface area contributed by atoms with E-state index >= 15 is 0 Å². The number of hydrogen-bond acceptors (Lipinski definition) is 6. The van der Waals surface area contributed by atoms with E-state index < -0.39 is 11.9 Å². The Kier molecular flexibility index (Phi) is 4.34. The van der Waals surface area contributed by atoms with Crippen LogP contribution in [0, 0.1) is 0 Å². The lowest BCUT2D eigenvalue weighted by molar-refractivity contribution is 0.102. The number of aromatic nitrogens is 1. The normalized spacial score (nSPS) is 11.9. The van der Waals surface area contributed by atoms with Crippen LogP contribution in [0.4, 0.5) is 5.69 Å². The number of oxazole rings is 1. The number of hydrogen-bond donors (Lipinski definition) is 3. The molecule has 0 fully saturated rings. The van der Waals surface area contributed by atoms with Gasteiger partial charge in [0.2, 0.25) is 5.89 Å². The third-order valence-corrected chi connectivity index (χ3v) is 2.62. The number of carbonyl (C=O) groups is 1. The second-order valence-electron chi connectivity index (χ2n) is 4.04. The molecule has 0 saturated heterocycles. The molecule has 0 radical (unpaired) electrons. The van der Waals surface area contributed by atoms with Gasteiger partial charge in [-0.05, 0) is 24.3 Å². The maximum atomic E-state index is 11.9. The van der Waals surface area contributed by atoms with Crippen molar-refractivity contribution in [2.24, 2.45) is 5.73 Å². The second kappa shape index (κ2) is 6.18. The van der Waals surface area contributed by atoms with Gasteiger partial charge in [0, 0.05) is 5.69 Å². The fraction of sp³-hybridized carbons (Fsp3) is 0.231. The average molecular weight is 277 g/mol. The number of rotatable bonds is 5. The van der Waals surface area contributed by atoms with E-state index in [-0.39, 0.29) is 18.2 Å². The van der Waals surface area contributed by atoms with E-state index in [0.29, 0.717) is 11.4 Å². The molecule has 0 aliphatic heterocycles. The van der Waals surface area contributed by atoms with E-state index in [4.69, 9.17) is 20.0 Å². The molecule has 0 saturated carbocycles. The minimum Gasteiger partial charge on any atom is -0.497 e. The Bertz CT molecular complexity index is 580. The third kappa shape index (κ3) is 3.14. The van der Waals surface area contributed by atoms with Crippen LogP contribution in [-0.2, 0) is 0 Å². The average Bonchev–Trinajstić information content (AvgIpc) is 2.97. The molecule has 7 heteroatoms. The van der Waals surface area contributed by atoms with Crippen LogP contribution in [0.2, 0.25) is 0 Å². The Balaban J connectivity index is 2.05. The summed E-state index contributed by atoms with van der Waals surface area (Å²) in [6, 6.07) is 6.13. The van der Waals surface area contributed by atoms with E-state index in [2.05, 4.69) is 10.3 Å². The van der Waals surface area contributed by atoms with Crippen LogP contribution < -0.4 is 15.8 Å². The van der Waals surface area contributed by atoms with Gasteiger partial charge >= 0.3 is 0 Å². The Morgan fingerprint density at radius 2 is 2.20 bits per heavy atom. The summed E-state index contributed by atoms with van der Waals surface area (Å²) in [4.78, 5) is 15.8. The highest BCUT2D eigenvalue weighted by atomic mass is 16.5. The first kappa shape index (κ1) is 14.0. The highest BCUT2D eigenvalue weighted by Gasteiger charge is 2.16. The van der Waals surface area contributed by atoms with Gasteiger partial charge in [-0.2, -0.15) is 0 Å². The summed E-state index contributed by atoms with van der Waals surface area (Å²) in [6.45, 7) is -0.306. The van der Waals surface area contributed by atoms with E-state index in [9.17, 15) is 4.79 Å². The van der Waals surface area contributed by atoms with E-state index in [1.807, 2.05) is 0 Å². The molecule has 0 aliphatic rings. The molecule has 1 unspecified atom stereocenters. The van der Waals surface area contributed by atoms with Gasteiger partial charge in [-0.25, -0.2) is 4.98 Å². The molecule has 0 bridgehead atoms. The fourth-order valence-corrected chi connectivity index (χ4v) is 1.51. The summed E-state index contributed by atoms with van der Waals surface area (Å²) in [5.41, 5.74) is 6.24. The topological polar surface area (TPSA) is 111 Å². The molecule has 1 aromatic heterocycles. The zero-order valence-corrected chi connectivity index (χ0v) is 10.9. The zero-order chi connectivity index (χ0) is 14.5. The van der Waals surface area contributed by atoms with Crippen LogP contribution in [-0.4, -0.2) is 29.7 Å². The van der Waals surface area contributed by atoms with Crippen molar-refractivity contribution in [2.75, 3.05) is 19.0 Å². The number of anilines is 1. The molecule has 1 amide bonds. The van der Waals surface area contributed by atoms with E-state index in [1.165, 1.54) is 6.26 Å². The van der Waals surface area contributed by atoms with Gasteiger partial charge in [0.1, 0.15) is 18.1 Å². The minimum absolute atomic E-state index is 0.0970. The summed E-state index contributed by atoms with van der Waals surface area (Å²) in [6.07, 6.45) is 1.20. The number of aliphatic hydroxyl groups excluding tert-OH is 1. The summed E-state index contributed by atoms with van der Waals surface area (Å²) in [5, 5.41) is 11.5. The highest BCUT2D eigenvalue weighted by Crippen LogP contribution is 2.16. The number of benzene rings is 1. The van der Waals surface area contributed by atoms with Crippen LogP contribution in [0.3, 0.4) is 0 Å². The Labute approximate surface area is 115 Å². The van der Waals surface area contributed by atoms with Crippen LogP contribution >= 0.6 is 0 Å². The number of amides is 1. The minimum atomic E-state index is -0.738. The third-order valence-electron chi connectivity index (χ3n) is 2.62. The largest absolute Gasteiger partial charge is 0.497 e. The number of aliphatic hydroxyl groups is 1. The summed E-state index contributed by atoms with van der Waals surface area (Å²) < 4.78 is 10.1. The number of ether oxygens (including phenoxy) is 1. The maximum Gasteiger partial charge on any atom is 0.277 e. The number of nitrogens with one attached hydrogen (secondary N) is 1. The SMILES string of the molecule is COc1ccc(NC(=O)c2coc(C(N)CO)n2)cc1. The van der Waals surface area contributed by atoms with Gasteiger partial charge in [0.25, 0.3) is 5.91 Å². The molecule has 2 aromatic rings. The van der Waals surface area contributed by atoms with E-state index in [0.717, 1.165) is 0 Å². The van der Waals surface area contributed by atoms with Crippen molar-refractivity contribution in [1.29, 1.82) is 0 Å². The molecule has 4 N–H and O–H groups in total. The Morgan fingerprint density at radius 1 is 1.50 bits per heavy atom. The Morgan fingerprint density at radius 3 is 2.80 bits per heavy atom. The summed E-state index contributed by atoms with van der Waals surface area (Å²) >= 11 is 0. The monoisotopic (exact) mass is 277 g/mol. The van der Waals surface area contributed by atoms with Crippen LogP contribution in [0.25, 0.3) is 0 Å². The molecule has 1 heterocycles. The standard InChI is InChI=1S/C13H15N3O4/c1-19-9-4-2-8(3-5-9)15-12(18)11-7-20-13(16-11)10(14)6-17/h2-5,7,10,17H,6,14H2,1H3,(H,15,18). The number of carbonyl (C=O) groups excluding carboxylic acids is 1. The highest BCUT2D eigenvalue weighted by molar-refractivity contribution is 6.02. The van der Waals surface area contributed by atoms with Crippen LogP contribution in [0.5, 0.6) is 5.75 Å². The summed E-state index contributed by atoms with van der Waals surface area (Å²) in [7, 11) is 1.56. The van der Waals surface area contributed by atoms with Gasteiger partial charge in [0.15, 0.2) is 5.69 Å². The molecule has 0 aliphatic carbocycles. The van der Waals surface area contributed by atoms with Crippen molar-refractivity contribution in [3.63, 3.8) is 0 Å². The first-order chi connectivity index (χ1) is 9.63. The first-order valence-corrected chi connectivity index (χ1v) is 5.91. The molecule has 20 heavy (non-hydrogen) atoms. The van der Waals surface area contributed by atoms with Crippen molar-refractivity contribution < 1.29 is 19.1 Å². The van der Waals surface area contributed by atoms with Gasteiger partial charge in [-0.1, -0.05) is 0 Å². The van der Waals surface area contributed by atoms with Crippen molar-refractivity contribution in [1.82, 2.24) is 4.98 Å². The number of nitrogens with zero attached hydrogens (tertiary/aromatic N) is 1. The molecule has 0 spiro atoms. The zero-order valence-electron chi connectivity index (χ0n) is 10.9. The molecular weight excluding hydrogens is 262 g/mol. The smallest absolute Gasteiger partial charge is 0.277 e. The first-order valence-electron chi connectivity index (χ1n) is 5.91. The van der Waals surface area contributed by atoms with Gasteiger partial charge in [-0.15, -0.1) is 0 Å². The maximum absolute atomic E-state index is 11.9. The second-order valence-corrected chi connectivity index (χ2v) is 4.04. The van der Waals surface area contributed by atoms with Crippen molar-refractivity contribution in [3.8, 4) is 5.75 Å². The summed E-state index contributed by atoms with van der Waals surface area (Å²) in [5.74, 6) is 0.392. The molecule has 1 aromatic carbocycles. The van der Waals surface area contributed by atoms with Gasteiger partial charge < -0.3 is 25.3 Å². The predicted molar refractivity (Wildman–Crippen MR) is 71.5 cm³/mol. The number of nitrogens with two attached hydrogens (primary N) is 1. The lowest BCUT2D eigenvalue weighted by Gasteiger charge is -2.04. The predicted octanol–water partition coefficient (Wildman–Crippen LogP) is 0.928. The van der Waals surface area contributed by atoms with Gasteiger partial charge in [-0.3, -0.25) is 4.79 Å². The van der Waals surface area contributed by atoms with Crippen molar-refractivity contribution in [3.05, 3.63) is 42.1 Å². The van der Waals surface area contributed by atoms with Crippen LogP contribution in [0.1, 0.15) is 22.4 Å². The van der Waals surface area contributed by atoms with Crippen LogP contribution in [0.15, 0.2) is 34.9 Å². The van der Waals surface area contributed by atoms with E-state index in [1.54, 1.807) is 31.4 Å². The lowest BCUT2D eigenvalue weighted by atomic mass is 10.3. The Hall–Kier alpha value is -2.38. The molecule has 106 valence electrons. The van der Waals surface area contributed by atoms with Gasteiger partial charge in [0.05, 0.1) is 13.7 Å². The quantitative estimate of drug-likeness (QED) is 0.749. The van der Waals surface area contributed by atoms with Crippen molar-refractivity contribution >= 4 is 11.6 Å². The van der Waals surface area contributed by atoms with Crippen molar-refractivity contribution in [2.45, 2.75) is 6.04 Å². The molecular formula is C13H15N3O4. The molecule has 2 rings (SSSR count). The number of methoxy groups -OCH3 is 1. The lowest BCUT2D eigenvalue weighted by Crippen LogP contribution is -2.16. The molecule has 1 atom stereocenters.